The first-order chi connectivity index (χ1) is 10.5. The van der Waals surface area contributed by atoms with E-state index in [9.17, 15) is 13.2 Å². The van der Waals surface area contributed by atoms with Crippen molar-refractivity contribution < 1.29 is 12.8 Å². The predicted molar refractivity (Wildman–Crippen MR) is 83.8 cm³/mol. The molecule has 2 heterocycles. The van der Waals surface area contributed by atoms with Gasteiger partial charge in [0.25, 0.3) is 10.0 Å². The van der Waals surface area contributed by atoms with Gasteiger partial charge in [-0.1, -0.05) is 0 Å². The number of benzene rings is 1. The fraction of sp³-hybridized carbons (Fsp3) is 0.0769. The van der Waals surface area contributed by atoms with E-state index in [1.165, 1.54) is 35.8 Å². The number of hydrogen-bond donors (Lipinski definition) is 2. The standard InChI is InChI=1S/C13H11N3O4S2/c1-8-4-5-21-12(8)7-14-16-22(18,19)9-2-3-10-11(6-9)20-13(17)15-10/h2-7,16H,1H3,(H,15,17)/b14-7+. The van der Waals surface area contributed by atoms with Crippen LogP contribution < -0.4 is 10.6 Å². The summed E-state index contributed by atoms with van der Waals surface area (Å²) < 4.78 is 29.1. The lowest BCUT2D eigenvalue weighted by molar-refractivity contribution is 0.553. The minimum atomic E-state index is -3.83. The van der Waals surface area contributed by atoms with E-state index in [1.54, 1.807) is 0 Å². The Hall–Kier alpha value is -2.39. The van der Waals surface area contributed by atoms with Crippen molar-refractivity contribution >= 4 is 38.7 Å². The summed E-state index contributed by atoms with van der Waals surface area (Å²) in [7, 11) is -3.83. The van der Waals surface area contributed by atoms with Crippen LogP contribution in [0.1, 0.15) is 10.4 Å². The van der Waals surface area contributed by atoms with Gasteiger partial charge in [0, 0.05) is 6.07 Å². The van der Waals surface area contributed by atoms with E-state index >= 15 is 0 Å². The summed E-state index contributed by atoms with van der Waals surface area (Å²) in [6.07, 6.45) is 1.45. The highest BCUT2D eigenvalue weighted by Crippen LogP contribution is 2.16. The van der Waals surface area contributed by atoms with E-state index in [0.29, 0.717) is 5.52 Å². The van der Waals surface area contributed by atoms with E-state index < -0.39 is 15.8 Å². The van der Waals surface area contributed by atoms with Gasteiger partial charge in [0.2, 0.25) is 0 Å². The van der Waals surface area contributed by atoms with Crippen LogP contribution in [0.2, 0.25) is 0 Å². The molecule has 0 amide bonds. The Morgan fingerprint density at radius 3 is 2.91 bits per heavy atom. The molecule has 0 radical (unpaired) electrons. The number of aromatic nitrogens is 1. The Kier molecular flexibility index (Phi) is 3.59. The maximum Gasteiger partial charge on any atom is 0.417 e. The quantitative estimate of drug-likeness (QED) is 0.559. The Morgan fingerprint density at radius 2 is 2.18 bits per heavy atom. The van der Waals surface area contributed by atoms with Crippen LogP contribution in [0.5, 0.6) is 0 Å². The lowest BCUT2D eigenvalue weighted by atomic mass is 10.3. The Labute approximate surface area is 129 Å². The van der Waals surface area contributed by atoms with Crippen LogP contribution >= 0.6 is 11.3 Å². The Balaban J connectivity index is 1.86. The van der Waals surface area contributed by atoms with Gasteiger partial charge < -0.3 is 4.42 Å². The molecule has 3 rings (SSSR count). The number of thiophene rings is 1. The summed E-state index contributed by atoms with van der Waals surface area (Å²) in [5, 5.41) is 5.65. The molecule has 3 aromatic rings. The zero-order valence-electron chi connectivity index (χ0n) is 11.4. The van der Waals surface area contributed by atoms with Gasteiger partial charge in [-0.05, 0) is 36.1 Å². The number of nitrogens with one attached hydrogen (secondary N) is 2. The molecule has 9 heteroatoms. The van der Waals surface area contributed by atoms with Crippen LogP contribution in [0.15, 0.2) is 48.9 Å². The number of rotatable bonds is 4. The lowest BCUT2D eigenvalue weighted by Gasteiger charge is -2.02. The van der Waals surface area contributed by atoms with Gasteiger partial charge in [0.15, 0.2) is 5.58 Å². The smallest absolute Gasteiger partial charge is 0.408 e. The number of aromatic amines is 1. The van der Waals surface area contributed by atoms with Gasteiger partial charge in [-0.2, -0.15) is 13.5 Å². The molecule has 0 aliphatic heterocycles. The molecule has 0 spiro atoms. The third-order valence-corrected chi connectivity index (χ3v) is 5.13. The van der Waals surface area contributed by atoms with Crippen molar-refractivity contribution in [2.24, 2.45) is 5.10 Å². The topological polar surface area (TPSA) is 105 Å². The molecule has 0 bridgehead atoms. The van der Waals surface area contributed by atoms with Gasteiger partial charge in [0.05, 0.1) is 21.5 Å². The Morgan fingerprint density at radius 1 is 1.36 bits per heavy atom. The average Bonchev–Trinajstić information content (AvgIpc) is 3.02. The molecule has 2 aromatic heterocycles. The van der Waals surface area contributed by atoms with Gasteiger partial charge in [-0.25, -0.2) is 9.63 Å². The molecule has 0 aliphatic rings. The van der Waals surface area contributed by atoms with Crippen molar-refractivity contribution in [1.29, 1.82) is 0 Å². The first kappa shape index (κ1) is 14.5. The monoisotopic (exact) mass is 337 g/mol. The maximum atomic E-state index is 12.1. The second kappa shape index (κ2) is 5.43. The van der Waals surface area contributed by atoms with Gasteiger partial charge in [-0.15, -0.1) is 11.3 Å². The highest BCUT2D eigenvalue weighted by molar-refractivity contribution is 7.89. The molecule has 2 N–H and O–H groups in total. The molecule has 22 heavy (non-hydrogen) atoms. The highest BCUT2D eigenvalue weighted by Gasteiger charge is 2.15. The first-order valence-corrected chi connectivity index (χ1v) is 8.54. The minimum Gasteiger partial charge on any atom is -0.408 e. The van der Waals surface area contributed by atoms with E-state index in [4.69, 9.17) is 4.42 Å². The van der Waals surface area contributed by atoms with Gasteiger partial charge in [0.1, 0.15) is 0 Å². The summed E-state index contributed by atoms with van der Waals surface area (Å²) in [5.74, 6) is -0.635. The number of oxazole rings is 1. The number of hydrazone groups is 1. The molecule has 0 unspecified atom stereocenters. The molecule has 0 saturated heterocycles. The van der Waals surface area contributed by atoms with Crippen molar-refractivity contribution in [2.75, 3.05) is 0 Å². The molecule has 0 aliphatic carbocycles. The minimum absolute atomic E-state index is 0.0391. The van der Waals surface area contributed by atoms with E-state index in [0.717, 1.165) is 10.4 Å². The molecule has 7 nitrogen and oxygen atoms in total. The van der Waals surface area contributed by atoms with Crippen LogP contribution in [-0.2, 0) is 10.0 Å². The number of H-pyrrole nitrogens is 1. The second-order valence-electron chi connectivity index (χ2n) is 4.49. The fourth-order valence-electron chi connectivity index (χ4n) is 1.82. The molecule has 0 fully saturated rings. The zero-order valence-corrected chi connectivity index (χ0v) is 13.0. The Bertz CT molecular complexity index is 1010. The lowest BCUT2D eigenvalue weighted by Crippen LogP contribution is -2.18. The first-order valence-electron chi connectivity index (χ1n) is 6.17. The summed E-state index contributed by atoms with van der Waals surface area (Å²) >= 11 is 1.46. The van der Waals surface area contributed by atoms with Crippen LogP contribution in [-0.4, -0.2) is 19.6 Å². The van der Waals surface area contributed by atoms with Gasteiger partial charge in [-0.3, -0.25) is 4.98 Å². The third-order valence-electron chi connectivity index (χ3n) is 2.96. The highest BCUT2D eigenvalue weighted by atomic mass is 32.2. The van der Waals surface area contributed by atoms with Crippen molar-refractivity contribution in [3.05, 3.63) is 50.6 Å². The molecule has 0 atom stereocenters. The molecular weight excluding hydrogens is 326 g/mol. The van der Waals surface area contributed by atoms with E-state index in [-0.39, 0.29) is 10.5 Å². The molecule has 0 saturated carbocycles. The molecule has 114 valence electrons. The zero-order chi connectivity index (χ0) is 15.7. The van der Waals surface area contributed by atoms with Crippen molar-refractivity contribution in [1.82, 2.24) is 9.82 Å². The number of nitrogens with zero attached hydrogens (tertiary/aromatic N) is 1. The van der Waals surface area contributed by atoms with Crippen molar-refractivity contribution in [3.8, 4) is 0 Å². The van der Waals surface area contributed by atoms with Crippen molar-refractivity contribution in [2.45, 2.75) is 11.8 Å². The summed E-state index contributed by atoms with van der Waals surface area (Å²) in [5.41, 5.74) is 1.62. The van der Waals surface area contributed by atoms with E-state index in [1.807, 2.05) is 18.4 Å². The SMILES string of the molecule is Cc1ccsc1/C=N/NS(=O)(=O)c1ccc2[nH]c(=O)oc2c1. The molecular formula is C13H11N3O4S2. The fourth-order valence-corrected chi connectivity index (χ4v) is 3.41. The molecule has 1 aromatic carbocycles. The second-order valence-corrected chi connectivity index (χ2v) is 7.10. The largest absolute Gasteiger partial charge is 0.417 e. The van der Waals surface area contributed by atoms with Gasteiger partial charge >= 0.3 is 5.76 Å². The average molecular weight is 337 g/mol. The number of hydrogen-bond acceptors (Lipinski definition) is 6. The number of aryl methyl sites for hydroxylation is 1. The summed E-state index contributed by atoms with van der Waals surface area (Å²) in [6.45, 7) is 1.91. The summed E-state index contributed by atoms with van der Waals surface area (Å²) in [6, 6.07) is 6.01. The summed E-state index contributed by atoms with van der Waals surface area (Å²) in [4.78, 5) is 16.5. The van der Waals surface area contributed by atoms with Crippen LogP contribution in [0.25, 0.3) is 11.1 Å². The van der Waals surface area contributed by atoms with Crippen LogP contribution in [0.3, 0.4) is 0 Å². The predicted octanol–water partition coefficient (Wildman–Crippen LogP) is 1.80. The maximum absolute atomic E-state index is 12.1. The van der Waals surface area contributed by atoms with E-state index in [2.05, 4.69) is 14.9 Å². The van der Waals surface area contributed by atoms with Crippen molar-refractivity contribution in [3.63, 3.8) is 0 Å². The third kappa shape index (κ3) is 2.81. The normalized spacial score (nSPS) is 12.2. The number of fused-ring (bicyclic) bond motifs is 1. The van der Waals surface area contributed by atoms with Crippen LogP contribution in [0, 0.1) is 6.92 Å². The van der Waals surface area contributed by atoms with Crippen LogP contribution in [0.4, 0.5) is 0 Å². The number of sulfonamides is 1.